The van der Waals surface area contributed by atoms with E-state index in [2.05, 4.69) is 165 Å². The average Bonchev–Trinajstić information content (AvgIpc) is 3.07. The number of para-hydroxylation sites is 1. The third-order valence-corrected chi connectivity index (χ3v) is 7.77. The van der Waals surface area contributed by atoms with Crippen molar-refractivity contribution in [1.29, 1.82) is 0 Å². The van der Waals surface area contributed by atoms with Gasteiger partial charge in [-0.15, -0.1) is 0 Å². The second-order valence-electron chi connectivity index (χ2n) is 10.4. The van der Waals surface area contributed by atoms with E-state index in [0.29, 0.717) is 0 Å². The van der Waals surface area contributed by atoms with E-state index < -0.39 is 0 Å². The van der Waals surface area contributed by atoms with Gasteiger partial charge >= 0.3 is 0 Å². The van der Waals surface area contributed by atoms with Crippen LogP contribution in [0.1, 0.15) is 19.4 Å². The molecule has 2 heteroatoms. The minimum atomic E-state index is 0.956. The second-order valence-corrected chi connectivity index (χ2v) is 10.4. The number of hydrogen-bond donors (Lipinski definition) is 0. The molecular formula is C41H38N2. The minimum absolute atomic E-state index is 0.956. The van der Waals surface area contributed by atoms with Crippen LogP contribution in [0.2, 0.25) is 0 Å². The third-order valence-electron chi connectivity index (χ3n) is 7.77. The van der Waals surface area contributed by atoms with Crippen molar-refractivity contribution >= 4 is 38.5 Å². The molecule has 0 aromatic heterocycles. The number of allylic oxidation sites excluding steroid dienone is 8. The summed E-state index contributed by atoms with van der Waals surface area (Å²) in [5.74, 6) is 0. The first-order valence-corrected chi connectivity index (χ1v) is 14.6. The normalized spacial score (nSPS) is 12.6. The van der Waals surface area contributed by atoms with Crippen LogP contribution in [0.5, 0.6) is 0 Å². The Morgan fingerprint density at radius 2 is 1.28 bits per heavy atom. The lowest BCUT2D eigenvalue weighted by molar-refractivity contribution is 1.09. The van der Waals surface area contributed by atoms with Gasteiger partial charge in [-0.25, -0.2) is 0 Å². The summed E-state index contributed by atoms with van der Waals surface area (Å²) in [4.78, 5) is 4.48. The van der Waals surface area contributed by atoms with Gasteiger partial charge in [-0.2, -0.15) is 0 Å². The van der Waals surface area contributed by atoms with E-state index in [1.54, 1.807) is 0 Å². The Morgan fingerprint density at radius 3 is 1.95 bits per heavy atom. The fourth-order valence-electron chi connectivity index (χ4n) is 5.31. The zero-order valence-corrected chi connectivity index (χ0v) is 25.2. The molecule has 212 valence electrons. The van der Waals surface area contributed by atoms with Gasteiger partial charge in [0.2, 0.25) is 0 Å². The van der Waals surface area contributed by atoms with E-state index in [1.165, 1.54) is 27.2 Å². The molecule has 0 N–H and O–H groups in total. The zero-order chi connectivity index (χ0) is 30.2. The Morgan fingerprint density at radius 1 is 0.674 bits per heavy atom. The zero-order valence-electron chi connectivity index (χ0n) is 25.2. The Bertz CT molecular complexity index is 1870. The van der Waals surface area contributed by atoms with Crippen molar-refractivity contribution in [3.8, 4) is 0 Å². The van der Waals surface area contributed by atoms with Crippen LogP contribution in [0.15, 0.2) is 182 Å². The number of nitrogens with zero attached hydrogens (tertiary/aromatic N) is 2. The minimum Gasteiger partial charge on any atom is -0.348 e. The molecule has 0 amide bonds. The summed E-state index contributed by atoms with van der Waals surface area (Å²) in [5.41, 5.74) is 7.38. The lowest BCUT2D eigenvalue weighted by Gasteiger charge is -2.27. The molecule has 5 aromatic rings. The van der Waals surface area contributed by atoms with Crippen molar-refractivity contribution in [2.24, 2.45) is 0 Å². The summed E-state index contributed by atoms with van der Waals surface area (Å²) in [5, 5.41) is 4.99. The first-order chi connectivity index (χ1) is 21.0. The monoisotopic (exact) mass is 558 g/mol. The van der Waals surface area contributed by atoms with E-state index in [4.69, 9.17) is 0 Å². The molecule has 0 aliphatic rings. The Hall–Kier alpha value is -5.34. The van der Waals surface area contributed by atoms with Crippen molar-refractivity contribution in [1.82, 2.24) is 0 Å². The molecule has 0 saturated carbocycles. The summed E-state index contributed by atoms with van der Waals surface area (Å²) in [7, 11) is 2.13. The number of hydrogen-bond acceptors (Lipinski definition) is 2. The average molecular weight is 559 g/mol. The summed E-state index contributed by atoms with van der Waals surface area (Å²) in [6.07, 6.45) is 12.5. The number of benzene rings is 5. The van der Waals surface area contributed by atoms with E-state index in [9.17, 15) is 0 Å². The van der Waals surface area contributed by atoms with Crippen LogP contribution < -0.4 is 9.80 Å². The summed E-state index contributed by atoms with van der Waals surface area (Å²) in [6.45, 7) is 12.7. The molecular weight excluding hydrogens is 520 g/mol. The summed E-state index contributed by atoms with van der Waals surface area (Å²) in [6, 6.07) is 40.1. The van der Waals surface area contributed by atoms with Gasteiger partial charge in [-0.3, -0.25) is 0 Å². The molecule has 0 radical (unpaired) electrons. The number of anilines is 2. The topological polar surface area (TPSA) is 6.48 Å². The van der Waals surface area contributed by atoms with Gasteiger partial charge in [-0.1, -0.05) is 122 Å². The van der Waals surface area contributed by atoms with Crippen LogP contribution in [0.3, 0.4) is 0 Å². The summed E-state index contributed by atoms with van der Waals surface area (Å²) >= 11 is 0. The lowest BCUT2D eigenvalue weighted by atomic mass is 9.99. The molecule has 0 heterocycles. The van der Waals surface area contributed by atoms with Gasteiger partial charge in [-0.05, 0) is 83.6 Å². The molecule has 5 rings (SSSR count). The maximum atomic E-state index is 4.29. The number of fused-ring (bicyclic) bond motifs is 3. The highest BCUT2D eigenvalue weighted by Crippen LogP contribution is 2.35. The molecule has 0 unspecified atom stereocenters. The number of rotatable bonds is 10. The fraction of sp³-hybridized carbons (Fsp3) is 0.0732. The van der Waals surface area contributed by atoms with E-state index >= 15 is 0 Å². The van der Waals surface area contributed by atoms with Crippen molar-refractivity contribution in [3.05, 3.63) is 188 Å². The highest BCUT2D eigenvalue weighted by atomic mass is 15.2. The van der Waals surface area contributed by atoms with Crippen LogP contribution in [-0.2, 0) is 0 Å². The van der Waals surface area contributed by atoms with Gasteiger partial charge in [0, 0.05) is 40.9 Å². The molecule has 0 fully saturated rings. The molecule has 0 aliphatic carbocycles. The lowest BCUT2D eigenvalue weighted by Crippen LogP contribution is -2.20. The maximum Gasteiger partial charge on any atom is 0.0491 e. The van der Waals surface area contributed by atoms with Gasteiger partial charge in [0.25, 0.3) is 0 Å². The SMILES string of the molecule is C=C/C(=C\C=C(/C)N(C)c1cc2ccccc2c2ccccc12)N(C(/C=C\C(=C)c1ccccc1)=C/C)c1ccccc1. The first-order valence-electron chi connectivity index (χ1n) is 14.6. The standard InChI is InChI=1S/C41H38N2/c1-6-35(28-26-31(3)33-18-10-8-11-19-33)43(37-21-12-9-13-22-37)36(7-2)29-27-32(4)42(5)41-30-34-20-14-15-23-38(34)39-24-16-17-25-40(39)41/h6-30H,2-3H2,1,4-5H3/b28-26-,32-27+,35-6+,36-29+. The van der Waals surface area contributed by atoms with Crippen molar-refractivity contribution in [2.75, 3.05) is 16.8 Å². The van der Waals surface area contributed by atoms with Crippen molar-refractivity contribution in [3.63, 3.8) is 0 Å². The van der Waals surface area contributed by atoms with Crippen LogP contribution in [0.4, 0.5) is 11.4 Å². The van der Waals surface area contributed by atoms with Crippen molar-refractivity contribution < 1.29 is 0 Å². The van der Waals surface area contributed by atoms with Gasteiger partial charge < -0.3 is 9.80 Å². The molecule has 0 spiro atoms. The molecule has 0 saturated heterocycles. The van der Waals surface area contributed by atoms with E-state index in [-0.39, 0.29) is 0 Å². The van der Waals surface area contributed by atoms with Gasteiger partial charge in [0.1, 0.15) is 0 Å². The van der Waals surface area contributed by atoms with Crippen LogP contribution in [0.25, 0.3) is 27.1 Å². The van der Waals surface area contributed by atoms with E-state index in [1.807, 2.05) is 30.3 Å². The molecule has 0 atom stereocenters. The molecule has 0 aliphatic heterocycles. The van der Waals surface area contributed by atoms with Crippen LogP contribution in [-0.4, -0.2) is 7.05 Å². The molecule has 0 bridgehead atoms. The largest absolute Gasteiger partial charge is 0.348 e. The predicted octanol–water partition coefficient (Wildman–Crippen LogP) is 11.1. The third kappa shape index (κ3) is 6.45. The van der Waals surface area contributed by atoms with Crippen molar-refractivity contribution in [2.45, 2.75) is 13.8 Å². The Labute approximate surface area is 256 Å². The predicted molar refractivity (Wildman–Crippen MR) is 189 cm³/mol. The maximum absolute atomic E-state index is 4.29. The quantitative estimate of drug-likeness (QED) is 0.124. The first kappa shape index (κ1) is 29.2. The smallest absolute Gasteiger partial charge is 0.0491 e. The molecule has 2 nitrogen and oxygen atoms in total. The Balaban J connectivity index is 1.52. The fourth-order valence-corrected chi connectivity index (χ4v) is 5.31. The Kier molecular flexibility index (Phi) is 9.19. The van der Waals surface area contributed by atoms with Crippen LogP contribution >= 0.6 is 0 Å². The van der Waals surface area contributed by atoms with Gasteiger partial charge in [0.05, 0.1) is 0 Å². The van der Waals surface area contributed by atoms with E-state index in [0.717, 1.165) is 33.9 Å². The highest BCUT2D eigenvalue weighted by Gasteiger charge is 2.14. The van der Waals surface area contributed by atoms with Crippen LogP contribution in [0, 0.1) is 0 Å². The van der Waals surface area contributed by atoms with Gasteiger partial charge in [0.15, 0.2) is 0 Å². The molecule has 5 aromatic carbocycles. The molecule has 43 heavy (non-hydrogen) atoms. The highest BCUT2D eigenvalue weighted by molar-refractivity contribution is 6.13. The second kappa shape index (κ2) is 13.5. The summed E-state index contributed by atoms with van der Waals surface area (Å²) < 4.78 is 0.